The molecule has 0 radical (unpaired) electrons. The lowest BCUT2D eigenvalue weighted by Crippen LogP contribution is -2.07. The number of hydrogen-bond acceptors (Lipinski definition) is 7. The number of ketones is 1. The Hall–Kier alpha value is -1.73. The van der Waals surface area contributed by atoms with E-state index in [1.54, 1.807) is 11.3 Å². The van der Waals surface area contributed by atoms with Crippen LogP contribution in [-0.2, 0) is 11.3 Å². The molecular weight excluding hydrogens is 308 g/mol. The summed E-state index contributed by atoms with van der Waals surface area (Å²) >= 11 is 2.89. The summed E-state index contributed by atoms with van der Waals surface area (Å²) < 4.78 is 4.65. The van der Waals surface area contributed by atoms with Crippen LogP contribution in [0.25, 0.3) is 0 Å². The smallest absolute Gasteiger partial charge is 0.358 e. The van der Waals surface area contributed by atoms with E-state index in [2.05, 4.69) is 35.0 Å². The number of anilines is 1. The lowest BCUT2D eigenvalue weighted by Gasteiger charge is -1.98. The summed E-state index contributed by atoms with van der Waals surface area (Å²) in [6.45, 7) is 6.18. The summed E-state index contributed by atoms with van der Waals surface area (Å²) in [5.74, 6) is -0.781. The van der Waals surface area contributed by atoms with Gasteiger partial charge in [0.1, 0.15) is 4.88 Å². The Bertz CT molecular complexity index is 669. The summed E-state index contributed by atoms with van der Waals surface area (Å²) in [5, 5.41) is 3.70. The number of rotatable bonds is 5. The Labute approximate surface area is 131 Å². The van der Waals surface area contributed by atoms with Gasteiger partial charge in [0.2, 0.25) is 0 Å². The molecule has 0 aliphatic carbocycles. The average molecular weight is 324 g/mol. The maximum atomic E-state index is 11.6. The zero-order valence-electron chi connectivity index (χ0n) is 12.3. The molecule has 1 N–H and O–H groups in total. The number of carbonyl (C=O) groups excluding carboxylic acids is 2. The second-order valence-corrected chi connectivity index (χ2v) is 6.89. The number of thiophene rings is 1. The molecular formula is C14H16N2O3S2. The number of nitrogens with zero attached hydrogens (tertiary/aromatic N) is 1. The SMILES string of the molecule is COC(=O)c1nc(NCc2cc(C)c(C)s2)sc1C(C)=O. The van der Waals surface area contributed by atoms with Gasteiger partial charge >= 0.3 is 5.97 Å². The van der Waals surface area contributed by atoms with Crippen LogP contribution in [-0.4, -0.2) is 23.8 Å². The molecule has 2 aromatic heterocycles. The van der Waals surface area contributed by atoms with Crippen molar-refractivity contribution < 1.29 is 14.3 Å². The molecule has 0 spiro atoms. The molecule has 0 atom stereocenters. The van der Waals surface area contributed by atoms with Crippen LogP contribution in [0, 0.1) is 13.8 Å². The molecule has 7 heteroatoms. The van der Waals surface area contributed by atoms with Crippen molar-refractivity contribution in [2.24, 2.45) is 0 Å². The zero-order chi connectivity index (χ0) is 15.6. The van der Waals surface area contributed by atoms with Gasteiger partial charge in [-0.2, -0.15) is 0 Å². The molecule has 2 rings (SSSR count). The number of esters is 1. The first-order chi connectivity index (χ1) is 9.92. The summed E-state index contributed by atoms with van der Waals surface area (Å²) in [6, 6.07) is 2.12. The highest BCUT2D eigenvalue weighted by Crippen LogP contribution is 2.26. The number of methoxy groups -OCH3 is 1. The van der Waals surface area contributed by atoms with Crippen molar-refractivity contribution in [3.05, 3.63) is 32.0 Å². The molecule has 0 aromatic carbocycles. The maximum absolute atomic E-state index is 11.6. The van der Waals surface area contributed by atoms with Crippen LogP contribution >= 0.6 is 22.7 Å². The van der Waals surface area contributed by atoms with Crippen molar-refractivity contribution in [1.29, 1.82) is 0 Å². The van der Waals surface area contributed by atoms with Crippen LogP contribution < -0.4 is 5.32 Å². The number of nitrogens with one attached hydrogen (secondary N) is 1. The minimum absolute atomic E-state index is 0.0797. The Morgan fingerprint density at radius 1 is 1.33 bits per heavy atom. The first-order valence-corrected chi connectivity index (χ1v) is 7.95. The van der Waals surface area contributed by atoms with Crippen LogP contribution in [0.3, 0.4) is 0 Å². The predicted octanol–water partition coefficient (Wildman–Crippen LogP) is 3.42. The summed E-state index contributed by atoms with van der Waals surface area (Å²) in [4.78, 5) is 30.1. The van der Waals surface area contributed by atoms with Crippen LogP contribution in [0.5, 0.6) is 0 Å². The van der Waals surface area contributed by atoms with Gasteiger partial charge in [0.05, 0.1) is 13.7 Å². The monoisotopic (exact) mass is 324 g/mol. The minimum atomic E-state index is -0.590. The first kappa shape index (κ1) is 15.7. The minimum Gasteiger partial charge on any atom is -0.464 e. The molecule has 2 aromatic rings. The molecule has 0 aliphatic heterocycles. The van der Waals surface area contributed by atoms with E-state index < -0.39 is 5.97 Å². The van der Waals surface area contributed by atoms with Crippen molar-refractivity contribution in [3.8, 4) is 0 Å². The molecule has 0 saturated heterocycles. The van der Waals surface area contributed by atoms with Crippen molar-refractivity contribution in [2.75, 3.05) is 12.4 Å². The summed E-state index contributed by atoms with van der Waals surface area (Å²) in [6.07, 6.45) is 0. The van der Waals surface area contributed by atoms with Gasteiger partial charge in [-0.3, -0.25) is 4.79 Å². The third-order valence-electron chi connectivity index (χ3n) is 2.96. The Morgan fingerprint density at radius 2 is 2.05 bits per heavy atom. The van der Waals surface area contributed by atoms with E-state index in [9.17, 15) is 9.59 Å². The van der Waals surface area contributed by atoms with Crippen LogP contribution in [0.4, 0.5) is 5.13 Å². The maximum Gasteiger partial charge on any atom is 0.358 e. The van der Waals surface area contributed by atoms with E-state index >= 15 is 0 Å². The number of thiazole rings is 1. The van der Waals surface area contributed by atoms with Crippen LogP contribution in [0.1, 0.15) is 42.4 Å². The Balaban J connectivity index is 2.17. The quantitative estimate of drug-likeness (QED) is 0.674. The lowest BCUT2D eigenvalue weighted by atomic mass is 10.3. The van der Waals surface area contributed by atoms with E-state index in [1.165, 1.54) is 40.7 Å². The fraction of sp³-hybridized carbons (Fsp3) is 0.357. The zero-order valence-corrected chi connectivity index (χ0v) is 13.9. The highest BCUT2D eigenvalue weighted by molar-refractivity contribution is 7.17. The molecule has 0 fully saturated rings. The molecule has 5 nitrogen and oxygen atoms in total. The second kappa shape index (κ2) is 6.36. The molecule has 0 saturated carbocycles. The van der Waals surface area contributed by atoms with Crippen molar-refractivity contribution in [1.82, 2.24) is 4.98 Å². The summed E-state index contributed by atoms with van der Waals surface area (Å²) in [5.41, 5.74) is 1.34. The molecule has 2 heterocycles. The van der Waals surface area contributed by atoms with E-state index in [0.717, 1.165) is 0 Å². The fourth-order valence-electron chi connectivity index (χ4n) is 1.77. The van der Waals surface area contributed by atoms with E-state index in [4.69, 9.17) is 0 Å². The van der Waals surface area contributed by atoms with Crippen molar-refractivity contribution in [3.63, 3.8) is 0 Å². The van der Waals surface area contributed by atoms with Gasteiger partial charge in [0, 0.05) is 16.7 Å². The normalized spacial score (nSPS) is 10.5. The number of Topliss-reactive ketones (excluding diaryl/α,β-unsaturated/α-hetero) is 1. The van der Waals surface area contributed by atoms with Gasteiger partial charge in [-0.1, -0.05) is 11.3 Å². The first-order valence-electron chi connectivity index (χ1n) is 6.32. The average Bonchev–Trinajstić information content (AvgIpc) is 3.00. The molecule has 21 heavy (non-hydrogen) atoms. The number of hydrogen-bond donors (Lipinski definition) is 1. The summed E-state index contributed by atoms with van der Waals surface area (Å²) in [7, 11) is 1.27. The van der Waals surface area contributed by atoms with Crippen LogP contribution in [0.2, 0.25) is 0 Å². The van der Waals surface area contributed by atoms with Gasteiger partial charge < -0.3 is 10.1 Å². The van der Waals surface area contributed by atoms with Gasteiger partial charge in [-0.05, 0) is 25.5 Å². The Kier molecular flexibility index (Phi) is 4.74. The largest absolute Gasteiger partial charge is 0.464 e. The number of aryl methyl sites for hydroxylation is 2. The van der Waals surface area contributed by atoms with Crippen molar-refractivity contribution >= 4 is 39.6 Å². The highest BCUT2D eigenvalue weighted by Gasteiger charge is 2.21. The topological polar surface area (TPSA) is 68.3 Å². The van der Waals surface area contributed by atoms with Gasteiger partial charge in [-0.15, -0.1) is 11.3 Å². The third-order valence-corrected chi connectivity index (χ3v) is 5.22. The van der Waals surface area contributed by atoms with E-state index in [1.807, 2.05) is 0 Å². The van der Waals surface area contributed by atoms with Gasteiger partial charge in [0.25, 0.3) is 0 Å². The lowest BCUT2D eigenvalue weighted by molar-refractivity contribution is 0.0591. The molecule has 0 amide bonds. The number of carbonyl (C=O) groups is 2. The van der Waals surface area contributed by atoms with E-state index in [0.29, 0.717) is 16.6 Å². The number of ether oxygens (including phenoxy) is 1. The Morgan fingerprint density at radius 3 is 2.57 bits per heavy atom. The standard InChI is InChI=1S/C14H16N2O3S2/c1-7-5-10(20-9(7)3)6-15-14-16-11(13(18)19-4)12(21-14)8(2)17/h5H,6H2,1-4H3,(H,15,16). The van der Waals surface area contributed by atoms with E-state index in [-0.39, 0.29) is 11.5 Å². The van der Waals surface area contributed by atoms with Crippen molar-refractivity contribution in [2.45, 2.75) is 27.3 Å². The fourth-order valence-corrected chi connectivity index (χ4v) is 3.61. The molecule has 0 unspecified atom stereocenters. The predicted molar refractivity (Wildman–Crippen MR) is 84.6 cm³/mol. The third kappa shape index (κ3) is 3.48. The van der Waals surface area contributed by atoms with Crippen LogP contribution in [0.15, 0.2) is 6.07 Å². The number of aromatic nitrogens is 1. The highest BCUT2D eigenvalue weighted by atomic mass is 32.1. The molecule has 0 bridgehead atoms. The second-order valence-electron chi connectivity index (χ2n) is 4.55. The molecule has 0 aliphatic rings. The molecule has 112 valence electrons. The van der Waals surface area contributed by atoms with Gasteiger partial charge in [-0.25, -0.2) is 9.78 Å². The van der Waals surface area contributed by atoms with Gasteiger partial charge in [0.15, 0.2) is 16.6 Å².